The van der Waals surface area contributed by atoms with Gasteiger partial charge in [-0.1, -0.05) is 48.6 Å². The molecule has 1 aliphatic carbocycles. The summed E-state index contributed by atoms with van der Waals surface area (Å²) >= 11 is 5.51. The molecule has 1 amide bonds. The zero-order valence-corrected chi connectivity index (χ0v) is 17.3. The summed E-state index contributed by atoms with van der Waals surface area (Å²) in [5.74, 6) is -0.845. The number of thiocarbonyl (C=S) groups is 1. The molecule has 0 aliphatic heterocycles. The highest BCUT2D eigenvalue weighted by Gasteiger charge is 2.50. The molecule has 29 heavy (non-hydrogen) atoms. The molecule has 0 aromatic heterocycles. The van der Waals surface area contributed by atoms with E-state index in [2.05, 4.69) is 5.32 Å². The van der Waals surface area contributed by atoms with Gasteiger partial charge in [0.1, 0.15) is 5.82 Å². The maximum atomic E-state index is 14.8. The van der Waals surface area contributed by atoms with Crippen LogP contribution in [0.5, 0.6) is 0 Å². The summed E-state index contributed by atoms with van der Waals surface area (Å²) in [5.41, 5.74) is 0.283. The molecule has 3 rings (SSSR count). The van der Waals surface area contributed by atoms with Crippen LogP contribution in [-0.4, -0.2) is 35.3 Å². The quantitative estimate of drug-likeness (QED) is 0.671. The van der Waals surface area contributed by atoms with Gasteiger partial charge in [0, 0.05) is 30.6 Å². The number of halogens is 1. The predicted molar refractivity (Wildman–Crippen MR) is 114 cm³/mol. The highest BCUT2D eigenvalue weighted by atomic mass is 32.1. The van der Waals surface area contributed by atoms with Crippen LogP contribution in [0.4, 0.5) is 4.39 Å². The second-order valence-corrected chi connectivity index (χ2v) is 7.95. The molecule has 0 spiro atoms. The van der Waals surface area contributed by atoms with Crippen LogP contribution in [0.2, 0.25) is 0 Å². The van der Waals surface area contributed by atoms with E-state index in [0.717, 1.165) is 0 Å². The molecule has 1 fully saturated rings. The van der Waals surface area contributed by atoms with Crippen LogP contribution < -0.4 is 5.32 Å². The molecule has 2 aromatic carbocycles. The minimum absolute atomic E-state index is 0.0932. The van der Waals surface area contributed by atoms with Gasteiger partial charge in [-0.3, -0.25) is 4.79 Å². The van der Waals surface area contributed by atoms with Gasteiger partial charge in [-0.15, -0.1) is 0 Å². The first-order valence-corrected chi connectivity index (χ1v) is 10.3. The van der Waals surface area contributed by atoms with Crippen molar-refractivity contribution in [2.24, 2.45) is 5.92 Å². The second-order valence-electron chi connectivity index (χ2n) is 7.45. The lowest BCUT2D eigenvalue weighted by Gasteiger charge is -2.36. The van der Waals surface area contributed by atoms with Crippen LogP contribution >= 0.6 is 12.2 Å². The fraction of sp³-hybridized carbons (Fsp3) is 0.391. The van der Waals surface area contributed by atoms with Gasteiger partial charge < -0.3 is 15.2 Å². The van der Waals surface area contributed by atoms with Crippen LogP contribution in [0, 0.1) is 11.7 Å². The third kappa shape index (κ3) is 4.71. The molecule has 0 bridgehead atoms. The number of ether oxygens (including phenoxy) is 1. The lowest BCUT2D eigenvalue weighted by Crippen LogP contribution is -2.41. The largest absolute Gasteiger partial charge is 0.396 e. The molecular weight excluding hydrogens is 389 g/mol. The molecule has 6 heteroatoms. The summed E-state index contributed by atoms with van der Waals surface area (Å²) in [6.45, 7) is 2.36. The summed E-state index contributed by atoms with van der Waals surface area (Å²) in [6, 6.07) is 15.4. The molecule has 0 radical (unpaired) electrons. The number of hydrogen-bond donors (Lipinski definition) is 2. The number of carbonyl (C=O) groups excluding carboxylic acids is 1. The monoisotopic (exact) mass is 415 g/mol. The number of carbonyl (C=O) groups is 1. The van der Waals surface area contributed by atoms with Crippen molar-refractivity contribution < 1.29 is 19.0 Å². The maximum Gasteiger partial charge on any atom is 0.256 e. The van der Waals surface area contributed by atoms with Crippen molar-refractivity contribution in [3.63, 3.8) is 0 Å². The van der Waals surface area contributed by atoms with Crippen molar-refractivity contribution in [2.45, 2.75) is 37.7 Å². The van der Waals surface area contributed by atoms with Crippen LogP contribution in [0.1, 0.15) is 42.1 Å². The van der Waals surface area contributed by atoms with Crippen molar-refractivity contribution >= 4 is 23.1 Å². The van der Waals surface area contributed by atoms with Crippen molar-refractivity contribution in [2.75, 3.05) is 13.2 Å². The van der Waals surface area contributed by atoms with Gasteiger partial charge in [0.2, 0.25) is 0 Å². The Kier molecular flexibility index (Phi) is 7.11. The van der Waals surface area contributed by atoms with Crippen molar-refractivity contribution in [3.05, 3.63) is 71.5 Å². The van der Waals surface area contributed by atoms with Gasteiger partial charge in [0.05, 0.1) is 11.1 Å². The lowest BCUT2D eigenvalue weighted by molar-refractivity contribution is 0.0612. The highest BCUT2D eigenvalue weighted by Crippen LogP contribution is 2.50. The summed E-state index contributed by atoms with van der Waals surface area (Å²) in [4.78, 5) is 12.8. The Morgan fingerprint density at radius 1 is 1.24 bits per heavy atom. The Hall–Kier alpha value is -2.15. The number of aliphatic hydroxyl groups is 1. The van der Waals surface area contributed by atoms with E-state index >= 15 is 0 Å². The first-order chi connectivity index (χ1) is 14.0. The smallest absolute Gasteiger partial charge is 0.256 e. The van der Waals surface area contributed by atoms with E-state index in [9.17, 15) is 14.3 Å². The lowest BCUT2D eigenvalue weighted by atomic mass is 9.69. The van der Waals surface area contributed by atoms with E-state index in [4.69, 9.17) is 17.0 Å². The highest BCUT2D eigenvalue weighted by molar-refractivity contribution is 7.80. The fourth-order valence-corrected chi connectivity index (χ4v) is 4.79. The molecule has 0 unspecified atom stereocenters. The minimum atomic E-state index is -0.735. The molecule has 2 N–H and O–H groups in total. The molecule has 3 atom stereocenters. The Bertz CT molecular complexity index is 860. The Morgan fingerprint density at radius 2 is 1.93 bits per heavy atom. The summed E-state index contributed by atoms with van der Waals surface area (Å²) in [7, 11) is 0. The number of amides is 1. The van der Waals surface area contributed by atoms with Gasteiger partial charge in [-0.2, -0.15) is 0 Å². The van der Waals surface area contributed by atoms with Gasteiger partial charge in [0.15, 0.2) is 0 Å². The Balaban J connectivity index is 1.89. The Labute approximate surface area is 176 Å². The van der Waals surface area contributed by atoms with E-state index in [0.29, 0.717) is 35.6 Å². The van der Waals surface area contributed by atoms with Crippen LogP contribution in [-0.2, 0) is 10.2 Å². The molecule has 0 saturated heterocycles. The van der Waals surface area contributed by atoms with Gasteiger partial charge in [-0.25, -0.2) is 4.39 Å². The fourth-order valence-electron chi connectivity index (χ4n) is 4.44. The third-order valence-electron chi connectivity index (χ3n) is 5.72. The summed E-state index contributed by atoms with van der Waals surface area (Å²) in [6.07, 6.45) is 1.32. The average Bonchev–Trinajstić information content (AvgIpc) is 3.06. The molecule has 1 saturated carbocycles. The molecule has 0 heterocycles. The average molecular weight is 416 g/mol. The van der Waals surface area contributed by atoms with E-state index in [1.165, 1.54) is 6.07 Å². The number of aliphatic hydroxyl groups excluding tert-OH is 1. The maximum absolute atomic E-state index is 14.8. The number of benzene rings is 2. The topological polar surface area (TPSA) is 58.6 Å². The van der Waals surface area contributed by atoms with Crippen molar-refractivity contribution in [3.8, 4) is 0 Å². The SMILES string of the molecule is CCO[C@@H]1C[C@@H](CO)[C@](CC(=S)NC(=O)c2ccccc2)(c2ccccc2F)C1. The number of nitrogens with one attached hydrogen (secondary N) is 1. The first-order valence-electron chi connectivity index (χ1n) is 9.87. The number of rotatable bonds is 7. The minimum Gasteiger partial charge on any atom is -0.396 e. The molecular formula is C23H26FNO3S. The van der Waals surface area contributed by atoms with E-state index < -0.39 is 5.41 Å². The Morgan fingerprint density at radius 3 is 2.59 bits per heavy atom. The molecule has 4 nitrogen and oxygen atoms in total. The summed E-state index contributed by atoms with van der Waals surface area (Å²) < 4.78 is 20.7. The van der Waals surface area contributed by atoms with E-state index in [1.807, 2.05) is 13.0 Å². The van der Waals surface area contributed by atoms with E-state index in [1.54, 1.807) is 42.5 Å². The summed E-state index contributed by atoms with van der Waals surface area (Å²) in [5, 5.41) is 12.9. The van der Waals surface area contributed by atoms with Crippen molar-refractivity contribution in [1.29, 1.82) is 0 Å². The second kappa shape index (κ2) is 9.57. The standard InChI is InChI=1S/C23H26FNO3S/c1-2-28-18-12-17(15-26)23(13-18,19-10-6-7-11-20(19)24)14-21(29)25-22(27)16-8-4-3-5-9-16/h3-11,17-18,26H,2,12-15H2,1H3,(H,25,27,29)/t17-,18+,23-/m0/s1. The normalized spacial score (nSPS) is 23.7. The molecule has 2 aromatic rings. The third-order valence-corrected chi connectivity index (χ3v) is 5.97. The van der Waals surface area contributed by atoms with Gasteiger partial charge in [0.25, 0.3) is 5.91 Å². The van der Waals surface area contributed by atoms with Crippen LogP contribution in [0.25, 0.3) is 0 Å². The van der Waals surface area contributed by atoms with Gasteiger partial charge in [-0.05, 0) is 49.4 Å². The number of hydrogen-bond acceptors (Lipinski definition) is 4. The van der Waals surface area contributed by atoms with Crippen LogP contribution in [0.3, 0.4) is 0 Å². The van der Waals surface area contributed by atoms with Crippen molar-refractivity contribution in [1.82, 2.24) is 5.32 Å². The first kappa shape index (κ1) is 21.6. The molecule has 154 valence electrons. The molecule has 1 aliphatic rings. The van der Waals surface area contributed by atoms with Crippen LogP contribution in [0.15, 0.2) is 54.6 Å². The zero-order chi connectivity index (χ0) is 20.9. The van der Waals surface area contributed by atoms with E-state index in [-0.39, 0.29) is 36.8 Å². The predicted octanol–water partition coefficient (Wildman–Crippen LogP) is 4.02. The van der Waals surface area contributed by atoms with Gasteiger partial charge >= 0.3 is 0 Å². The zero-order valence-electron chi connectivity index (χ0n) is 16.4.